The number of para-hydroxylation sites is 3. The molecule has 0 saturated heterocycles. The van der Waals surface area contributed by atoms with Crippen LogP contribution in [0.25, 0.3) is 83.0 Å². The van der Waals surface area contributed by atoms with Gasteiger partial charge in [-0.1, -0.05) is 159 Å². The summed E-state index contributed by atoms with van der Waals surface area (Å²) in [5.74, 6) is -0.490. The Kier molecular flexibility index (Phi) is 4.93. The number of nitrogens with zero attached hydrogens (tertiary/aromatic N) is 2. The summed E-state index contributed by atoms with van der Waals surface area (Å²) in [5.41, 5.74) is 5.48. The van der Waals surface area contributed by atoms with Crippen LogP contribution in [0.15, 0.2) is 176 Å². The quantitative estimate of drug-likeness (QED) is 0.158. The van der Waals surface area contributed by atoms with Crippen molar-refractivity contribution in [3.8, 4) is 50.5 Å². The molecule has 1 heterocycles. The molecule has 0 spiro atoms. The summed E-state index contributed by atoms with van der Waals surface area (Å²) in [4.78, 5) is 4.98. The van der Waals surface area contributed by atoms with Gasteiger partial charge in [0.05, 0.1) is 24.7 Å². The first-order chi connectivity index (χ1) is 32.5. The van der Waals surface area contributed by atoms with E-state index in [1.807, 2.05) is 84.9 Å². The minimum absolute atomic E-state index is 0.0186. The predicted octanol–water partition coefficient (Wildman–Crippen LogP) is 14.0. The van der Waals surface area contributed by atoms with Crippen LogP contribution < -0.4 is 0 Å². The average Bonchev–Trinajstić information content (AvgIpc) is 3.73. The van der Waals surface area contributed by atoms with Crippen molar-refractivity contribution in [3.05, 3.63) is 181 Å². The van der Waals surface area contributed by atoms with Crippen molar-refractivity contribution in [1.82, 2.24) is 9.55 Å². The molecule has 2 heteroatoms. The van der Waals surface area contributed by atoms with Gasteiger partial charge < -0.3 is 0 Å². The lowest BCUT2D eigenvalue weighted by Gasteiger charge is -2.23. The maximum atomic E-state index is 8.98. The Morgan fingerprint density at radius 2 is 1.15 bits per heavy atom. The van der Waals surface area contributed by atoms with Gasteiger partial charge in [-0.15, -0.1) is 0 Å². The summed E-state index contributed by atoms with van der Waals surface area (Å²) in [6.07, 6.45) is -5.80. The smallest absolute Gasteiger partial charge is 0.145 e. The number of benzene rings is 8. The van der Waals surface area contributed by atoms with E-state index in [9.17, 15) is 0 Å². The van der Waals surface area contributed by atoms with E-state index in [4.69, 9.17) is 25.5 Å². The first-order valence-electron chi connectivity index (χ1n) is 25.3. The van der Waals surface area contributed by atoms with Crippen LogP contribution in [0.1, 0.15) is 64.0 Å². The van der Waals surface area contributed by atoms with Gasteiger partial charge in [-0.2, -0.15) is 0 Å². The molecule has 0 N–H and O–H groups in total. The molecule has 10 rings (SSSR count). The Balaban J connectivity index is 1.26. The molecule has 8 aromatic carbocycles. The molecule has 4 atom stereocenters. The van der Waals surface area contributed by atoms with Crippen LogP contribution in [0.4, 0.5) is 0 Å². The molecule has 1 fully saturated rings. The third kappa shape index (κ3) is 5.63. The summed E-state index contributed by atoms with van der Waals surface area (Å²) >= 11 is 0. The molecule has 0 amide bonds. The topological polar surface area (TPSA) is 17.8 Å². The Labute approximate surface area is 332 Å². The van der Waals surface area contributed by atoms with Gasteiger partial charge in [0.2, 0.25) is 0 Å². The van der Waals surface area contributed by atoms with Gasteiger partial charge in [0.1, 0.15) is 5.82 Å². The van der Waals surface area contributed by atoms with Gasteiger partial charge in [-0.05, 0) is 116 Å². The lowest BCUT2D eigenvalue weighted by molar-refractivity contribution is 0.444. The highest BCUT2D eigenvalue weighted by atomic mass is 15.1. The zero-order chi connectivity index (χ0) is 48.2. The molecule has 2 nitrogen and oxygen atoms in total. The summed E-state index contributed by atoms with van der Waals surface area (Å²) in [7, 11) is 0. The molecule has 1 aliphatic rings. The van der Waals surface area contributed by atoms with Gasteiger partial charge in [0.15, 0.2) is 0 Å². The first-order valence-corrected chi connectivity index (χ1v) is 17.4. The summed E-state index contributed by atoms with van der Waals surface area (Å²) in [5, 5.41) is 2.96. The SMILES string of the molecule is [2H]c1c([2H])c([2H])c(-c2ccc3c(-c4cccc(-c5nc6ccccc6n5-c5c([2H])c([2H])c([2H])c([2H])c5[2H])c4)c4ccccc4c(-c4cccc(C5C([2H])C([2H])C([2H])C([2H])C5[2H])c4)c3c2)c([2H])c1[2H]. The fourth-order valence-electron chi connectivity index (χ4n) is 7.58. The van der Waals surface area contributed by atoms with E-state index in [1.54, 1.807) is 34.9 Å². The highest BCUT2D eigenvalue weighted by molar-refractivity contribution is 6.22. The van der Waals surface area contributed by atoms with Crippen molar-refractivity contribution < 1.29 is 20.6 Å². The average molecular weight is 696 g/mol. The molecule has 53 heavy (non-hydrogen) atoms. The van der Waals surface area contributed by atoms with Crippen LogP contribution in [0.2, 0.25) is 0 Å². The van der Waals surface area contributed by atoms with Gasteiger partial charge >= 0.3 is 0 Å². The van der Waals surface area contributed by atoms with Gasteiger partial charge in [-0.25, -0.2) is 4.98 Å². The third-order valence-corrected chi connectivity index (χ3v) is 9.91. The molecule has 254 valence electrons. The van der Waals surface area contributed by atoms with Crippen molar-refractivity contribution in [3.63, 3.8) is 0 Å². The Morgan fingerprint density at radius 1 is 0.509 bits per heavy atom. The van der Waals surface area contributed by atoms with Crippen LogP contribution >= 0.6 is 0 Å². The van der Waals surface area contributed by atoms with E-state index >= 15 is 0 Å². The van der Waals surface area contributed by atoms with Crippen LogP contribution in [-0.2, 0) is 0 Å². The highest BCUT2D eigenvalue weighted by Gasteiger charge is 2.21. The van der Waals surface area contributed by atoms with E-state index < -0.39 is 74.2 Å². The molecule has 9 aromatic rings. The Bertz CT molecular complexity index is 3480. The van der Waals surface area contributed by atoms with Crippen molar-refractivity contribution in [2.45, 2.75) is 37.9 Å². The Morgan fingerprint density at radius 3 is 1.94 bits per heavy atom. The van der Waals surface area contributed by atoms with Crippen molar-refractivity contribution in [2.24, 2.45) is 0 Å². The standard InChI is InChI=1S/C51H40N2/c1-4-16-35(17-5-1)37-20-14-21-39(32-37)50-44-27-11-10-26-43(44)49(45-31-30-38(34-46(45)50)36-18-6-2-7-19-36)40-22-15-23-41(33-40)51-52-47-28-12-13-29-48(47)53(51)42-24-8-3-9-25-42/h2-3,6-15,18-35H,1,4-5,16-17H2/i1D,2D,3D,4D,5D,6D,7D,8D,9D,16D,17D,18D,19D,24D,25D. The lowest BCUT2D eigenvalue weighted by atomic mass is 9.81. The molecular weight excluding hydrogens is 641 g/mol. The molecule has 1 aromatic heterocycles. The second kappa shape index (κ2) is 13.4. The second-order valence-electron chi connectivity index (χ2n) is 13.0. The Hall–Kier alpha value is -6.25. The maximum Gasteiger partial charge on any atom is 0.145 e. The molecular formula is C51H40N2. The molecule has 1 saturated carbocycles. The van der Waals surface area contributed by atoms with Crippen molar-refractivity contribution in [1.29, 1.82) is 0 Å². The number of rotatable bonds is 6. The molecule has 1 aliphatic carbocycles. The predicted molar refractivity (Wildman–Crippen MR) is 224 cm³/mol. The largest absolute Gasteiger partial charge is 0.292 e. The fraction of sp³-hybridized carbons (Fsp3) is 0.118. The summed E-state index contributed by atoms with van der Waals surface area (Å²) in [6, 6.07) is 30.8. The van der Waals surface area contributed by atoms with Gasteiger partial charge in [0.25, 0.3) is 0 Å². The van der Waals surface area contributed by atoms with E-state index in [0.29, 0.717) is 44.5 Å². The molecule has 0 aliphatic heterocycles. The fourth-order valence-corrected chi connectivity index (χ4v) is 7.58. The number of imidazole rings is 1. The van der Waals surface area contributed by atoms with Crippen LogP contribution in [-0.4, -0.2) is 9.55 Å². The summed E-state index contributed by atoms with van der Waals surface area (Å²) in [6.45, 7) is 0. The summed E-state index contributed by atoms with van der Waals surface area (Å²) < 4.78 is 131. The third-order valence-electron chi connectivity index (χ3n) is 9.91. The van der Waals surface area contributed by atoms with Crippen LogP contribution in [0, 0.1) is 0 Å². The highest BCUT2D eigenvalue weighted by Crippen LogP contribution is 2.46. The normalized spacial score (nSPS) is 25.5. The lowest BCUT2D eigenvalue weighted by Crippen LogP contribution is -2.04. The minimum Gasteiger partial charge on any atom is -0.292 e. The number of hydrogen-bond donors (Lipinski definition) is 0. The van der Waals surface area contributed by atoms with Crippen LogP contribution in [0.5, 0.6) is 0 Å². The van der Waals surface area contributed by atoms with Gasteiger partial charge in [0, 0.05) is 18.1 Å². The number of hydrogen-bond acceptors (Lipinski definition) is 1. The molecule has 0 bridgehead atoms. The zero-order valence-corrected chi connectivity index (χ0v) is 28.3. The second-order valence-corrected chi connectivity index (χ2v) is 13.0. The molecule has 0 radical (unpaired) electrons. The van der Waals surface area contributed by atoms with Crippen molar-refractivity contribution in [2.75, 3.05) is 0 Å². The van der Waals surface area contributed by atoms with Gasteiger partial charge in [-0.3, -0.25) is 4.57 Å². The van der Waals surface area contributed by atoms with E-state index in [0.717, 1.165) is 32.8 Å². The maximum absolute atomic E-state index is 8.98. The number of fused-ring (bicyclic) bond motifs is 3. The first kappa shape index (κ1) is 19.5. The van der Waals surface area contributed by atoms with E-state index in [-0.39, 0.29) is 35.4 Å². The minimum atomic E-state index is -1.19. The van der Waals surface area contributed by atoms with E-state index in [2.05, 4.69) is 0 Å². The van der Waals surface area contributed by atoms with E-state index in [1.165, 1.54) is 0 Å². The van der Waals surface area contributed by atoms with Crippen molar-refractivity contribution >= 4 is 32.6 Å². The molecule has 4 unspecified atom stereocenters. The number of aromatic nitrogens is 2. The van der Waals surface area contributed by atoms with Crippen LogP contribution in [0.3, 0.4) is 0 Å². The zero-order valence-electron chi connectivity index (χ0n) is 43.3. The monoisotopic (exact) mass is 695 g/mol.